The van der Waals surface area contributed by atoms with Crippen molar-refractivity contribution in [1.82, 2.24) is 0 Å². The number of carbonyl (C=O) groups excluding carboxylic acids is 4. The lowest BCUT2D eigenvalue weighted by Crippen LogP contribution is -2.62. The molecule has 1 N–H and O–H groups in total. The molecule has 3 aromatic rings. The van der Waals surface area contributed by atoms with Gasteiger partial charge in [0.15, 0.2) is 23.7 Å². The summed E-state index contributed by atoms with van der Waals surface area (Å²) >= 11 is 0. The zero-order valence-electron chi connectivity index (χ0n) is 32.0. The number of carbonyl (C=O) groups is 4. The Kier molecular flexibility index (Phi) is 17.2. The number of rotatable bonds is 18. The van der Waals surface area contributed by atoms with Crippen LogP contribution >= 0.6 is 21.6 Å². The van der Waals surface area contributed by atoms with Crippen LogP contribution in [0.3, 0.4) is 0 Å². The topological polar surface area (TPSA) is 172 Å². The lowest BCUT2D eigenvalue weighted by atomic mass is 9.99. The summed E-state index contributed by atoms with van der Waals surface area (Å²) < 4.78 is 54.8. The Hall–Kier alpha value is -4.00. The summed E-state index contributed by atoms with van der Waals surface area (Å²) in [4.78, 5) is 49.0. The first-order valence-electron chi connectivity index (χ1n) is 18.4. The number of benzene rings is 3. The molecule has 0 bridgehead atoms. The molecule has 0 aromatic heterocycles. The third-order valence-corrected chi connectivity index (χ3v) is 11.5. The predicted molar refractivity (Wildman–Crippen MR) is 208 cm³/mol. The molecule has 14 nitrogen and oxygen atoms in total. The standard InChI is InChI=1S/C41H48O14S2/c1-25(43)47-24-33-35(51-26(2)44)37(52-27(3)45)39(53-28(4)46)41(55-33)57-56-40-38(50-23-31-18-12-7-13-19-31)36(49-22-30-16-10-6-11-17-30)34(32(20-42)54-40)48-21-29-14-8-5-9-15-29/h5-19,32-42H,20-24H2,1-4H3/t32-,33-,34+,35-,36+,37+,38-,39-,40-,41+/m1/s1. The van der Waals surface area contributed by atoms with E-state index >= 15 is 0 Å². The first-order valence-corrected chi connectivity index (χ1v) is 20.7. The van der Waals surface area contributed by atoms with Crippen molar-refractivity contribution in [3.63, 3.8) is 0 Å². The Morgan fingerprint density at radius 1 is 0.509 bits per heavy atom. The van der Waals surface area contributed by atoms with E-state index in [-0.39, 0.29) is 26.4 Å². The molecule has 57 heavy (non-hydrogen) atoms. The van der Waals surface area contributed by atoms with Gasteiger partial charge in [0.25, 0.3) is 0 Å². The van der Waals surface area contributed by atoms with Gasteiger partial charge >= 0.3 is 23.9 Å². The molecule has 3 aromatic carbocycles. The molecule has 2 heterocycles. The second-order valence-electron chi connectivity index (χ2n) is 13.3. The highest BCUT2D eigenvalue weighted by molar-refractivity contribution is 8.77. The maximum atomic E-state index is 12.5. The van der Waals surface area contributed by atoms with Crippen molar-refractivity contribution >= 4 is 45.5 Å². The number of hydrogen-bond acceptors (Lipinski definition) is 16. The van der Waals surface area contributed by atoms with Crippen LogP contribution in [-0.4, -0.2) is 102 Å². The fourth-order valence-corrected chi connectivity index (χ4v) is 9.19. The fraction of sp³-hybridized carbons (Fsp3) is 0.463. The van der Waals surface area contributed by atoms with Crippen LogP contribution in [0.25, 0.3) is 0 Å². The molecule has 308 valence electrons. The van der Waals surface area contributed by atoms with Gasteiger partial charge in [-0.15, -0.1) is 0 Å². The normalized spacial score (nSPS) is 27.2. The minimum atomic E-state index is -1.34. The van der Waals surface area contributed by atoms with E-state index in [9.17, 15) is 24.3 Å². The Morgan fingerprint density at radius 3 is 1.37 bits per heavy atom. The van der Waals surface area contributed by atoms with Crippen molar-refractivity contribution in [2.45, 2.75) is 107 Å². The third kappa shape index (κ3) is 13.3. The molecular formula is C41H48O14S2. The summed E-state index contributed by atoms with van der Waals surface area (Å²) in [6.45, 7) is 4.50. The summed E-state index contributed by atoms with van der Waals surface area (Å²) in [5.74, 6) is -2.82. The highest BCUT2D eigenvalue weighted by Gasteiger charge is 2.54. The Bertz CT molecular complexity index is 1720. The Morgan fingerprint density at radius 2 is 0.912 bits per heavy atom. The SMILES string of the molecule is CC(=O)OC[C@H]1O[C@@H](SS[C@H]2O[C@H](CO)[C@H](OCc3ccccc3)[C@H](OCc3ccccc3)[C@H]2OCc2ccccc2)[C@H](OC(C)=O)[C@@H](OC(C)=O)[C@@H]1OC(C)=O. The molecule has 0 saturated carbocycles. The van der Waals surface area contributed by atoms with Gasteiger partial charge in [-0.3, -0.25) is 19.2 Å². The molecule has 0 spiro atoms. The zero-order valence-corrected chi connectivity index (χ0v) is 33.7. The minimum absolute atomic E-state index is 0.177. The van der Waals surface area contributed by atoms with Crippen LogP contribution in [-0.2, 0) is 81.6 Å². The highest BCUT2D eigenvalue weighted by atomic mass is 33.1. The first-order chi connectivity index (χ1) is 27.5. The van der Waals surface area contributed by atoms with Gasteiger partial charge in [-0.2, -0.15) is 0 Å². The summed E-state index contributed by atoms with van der Waals surface area (Å²) in [7, 11) is 2.22. The fourth-order valence-electron chi connectivity index (χ4n) is 6.35. The zero-order chi connectivity index (χ0) is 40.7. The number of esters is 4. The van der Waals surface area contributed by atoms with Gasteiger partial charge in [0.1, 0.15) is 42.6 Å². The van der Waals surface area contributed by atoms with Crippen molar-refractivity contribution in [3.05, 3.63) is 108 Å². The number of aliphatic hydroxyl groups excluding tert-OH is 1. The van der Waals surface area contributed by atoms with E-state index in [4.69, 9.17) is 42.6 Å². The van der Waals surface area contributed by atoms with Crippen LogP contribution in [0, 0.1) is 0 Å². The molecule has 0 aliphatic carbocycles. The van der Waals surface area contributed by atoms with Crippen molar-refractivity contribution in [1.29, 1.82) is 0 Å². The summed E-state index contributed by atoms with van der Waals surface area (Å²) in [6.07, 6.45) is -8.34. The maximum Gasteiger partial charge on any atom is 0.303 e. The first kappa shape index (κ1) is 44.1. The van der Waals surface area contributed by atoms with E-state index in [0.717, 1.165) is 52.1 Å². The van der Waals surface area contributed by atoms with Gasteiger partial charge in [-0.05, 0) is 16.7 Å². The summed E-state index contributed by atoms with van der Waals surface area (Å²) in [5.41, 5.74) is 0.747. The van der Waals surface area contributed by atoms with E-state index in [1.807, 2.05) is 91.0 Å². The van der Waals surface area contributed by atoms with Gasteiger partial charge in [0.05, 0.1) is 26.4 Å². The number of aliphatic hydroxyl groups is 1. The molecule has 2 fully saturated rings. The number of hydrogen-bond donors (Lipinski definition) is 1. The second kappa shape index (κ2) is 22.2. The average Bonchev–Trinajstić information content (AvgIpc) is 3.19. The number of ether oxygens (including phenoxy) is 9. The second-order valence-corrected chi connectivity index (χ2v) is 15.7. The molecular weight excluding hydrogens is 781 g/mol. The van der Waals surface area contributed by atoms with Crippen LogP contribution < -0.4 is 0 Å². The van der Waals surface area contributed by atoms with Crippen molar-refractivity contribution in [3.8, 4) is 0 Å². The summed E-state index contributed by atoms with van der Waals surface area (Å²) in [6, 6.07) is 28.8. The van der Waals surface area contributed by atoms with Crippen LogP contribution in [0.1, 0.15) is 44.4 Å². The molecule has 0 amide bonds. The van der Waals surface area contributed by atoms with Gasteiger partial charge < -0.3 is 47.7 Å². The average molecular weight is 829 g/mol. The van der Waals surface area contributed by atoms with Crippen molar-refractivity contribution in [2.75, 3.05) is 13.2 Å². The van der Waals surface area contributed by atoms with E-state index in [2.05, 4.69) is 0 Å². The largest absolute Gasteiger partial charge is 0.463 e. The van der Waals surface area contributed by atoms with Crippen LogP contribution in [0.4, 0.5) is 0 Å². The molecule has 0 radical (unpaired) electrons. The van der Waals surface area contributed by atoms with Gasteiger partial charge in [-0.1, -0.05) is 113 Å². The molecule has 2 aliphatic heterocycles. The lowest BCUT2D eigenvalue weighted by molar-refractivity contribution is -0.251. The minimum Gasteiger partial charge on any atom is -0.463 e. The molecule has 0 unspecified atom stereocenters. The smallest absolute Gasteiger partial charge is 0.303 e. The van der Waals surface area contributed by atoms with E-state index in [1.165, 1.54) is 13.8 Å². The Balaban J connectivity index is 1.48. The van der Waals surface area contributed by atoms with Gasteiger partial charge in [0, 0.05) is 27.7 Å². The van der Waals surface area contributed by atoms with E-state index in [1.54, 1.807) is 0 Å². The lowest BCUT2D eigenvalue weighted by Gasteiger charge is -2.46. The van der Waals surface area contributed by atoms with Crippen LogP contribution in [0.15, 0.2) is 91.0 Å². The van der Waals surface area contributed by atoms with Crippen molar-refractivity contribution < 1.29 is 66.9 Å². The molecule has 2 saturated heterocycles. The Labute approximate surface area is 339 Å². The summed E-state index contributed by atoms with van der Waals surface area (Å²) in [5, 5.41) is 10.8. The quantitative estimate of drug-likeness (QED) is 0.104. The molecule has 10 atom stereocenters. The van der Waals surface area contributed by atoms with Crippen molar-refractivity contribution in [2.24, 2.45) is 0 Å². The van der Waals surface area contributed by atoms with E-state index in [0.29, 0.717) is 0 Å². The van der Waals surface area contributed by atoms with Gasteiger partial charge in [-0.25, -0.2) is 0 Å². The monoisotopic (exact) mass is 828 g/mol. The van der Waals surface area contributed by atoms with Gasteiger partial charge in [0.2, 0.25) is 0 Å². The molecule has 5 rings (SSSR count). The molecule has 16 heteroatoms. The maximum absolute atomic E-state index is 12.5. The van der Waals surface area contributed by atoms with Crippen LogP contribution in [0.5, 0.6) is 0 Å². The highest BCUT2D eigenvalue weighted by Crippen LogP contribution is 2.45. The third-order valence-electron chi connectivity index (χ3n) is 8.82. The van der Waals surface area contributed by atoms with Crippen LogP contribution in [0.2, 0.25) is 0 Å². The van der Waals surface area contributed by atoms with E-state index < -0.39 is 90.2 Å². The predicted octanol–water partition coefficient (Wildman–Crippen LogP) is 4.92. The molecule has 2 aliphatic rings.